The van der Waals surface area contributed by atoms with Crippen LogP contribution in [0.4, 0.5) is 11.6 Å². The van der Waals surface area contributed by atoms with E-state index in [-0.39, 0.29) is 0 Å². The van der Waals surface area contributed by atoms with Crippen molar-refractivity contribution < 1.29 is 0 Å². The summed E-state index contributed by atoms with van der Waals surface area (Å²) in [6.45, 7) is 0. The van der Waals surface area contributed by atoms with E-state index in [0.29, 0.717) is 11.9 Å². The van der Waals surface area contributed by atoms with Crippen molar-refractivity contribution in [1.82, 2.24) is 9.97 Å². The van der Waals surface area contributed by atoms with E-state index in [4.69, 9.17) is 5.73 Å². The van der Waals surface area contributed by atoms with E-state index in [0.717, 1.165) is 34.0 Å². The van der Waals surface area contributed by atoms with Gasteiger partial charge in [-0.15, -0.1) is 0 Å². The zero-order valence-corrected chi connectivity index (χ0v) is 11.0. The SMILES string of the molecule is Nc1ncnc(NC2C3C4CCC(C4)C23)c1Br. The molecule has 5 heteroatoms. The average molecular weight is 295 g/mol. The molecule has 3 saturated carbocycles. The van der Waals surface area contributed by atoms with Gasteiger partial charge in [0.25, 0.3) is 0 Å². The van der Waals surface area contributed by atoms with Crippen molar-refractivity contribution in [3.8, 4) is 0 Å². The maximum Gasteiger partial charge on any atom is 0.146 e. The van der Waals surface area contributed by atoms with Crippen molar-refractivity contribution in [3.63, 3.8) is 0 Å². The minimum absolute atomic E-state index is 0.510. The van der Waals surface area contributed by atoms with E-state index >= 15 is 0 Å². The van der Waals surface area contributed by atoms with Gasteiger partial charge in [-0.25, -0.2) is 9.97 Å². The van der Waals surface area contributed by atoms with Crippen molar-refractivity contribution in [1.29, 1.82) is 0 Å². The molecule has 3 N–H and O–H groups in total. The fourth-order valence-corrected chi connectivity index (χ4v) is 4.48. The molecule has 0 amide bonds. The van der Waals surface area contributed by atoms with Gasteiger partial charge in [-0.05, 0) is 58.9 Å². The number of nitrogen functional groups attached to an aromatic ring is 1. The highest BCUT2D eigenvalue weighted by Crippen LogP contribution is 2.66. The monoisotopic (exact) mass is 294 g/mol. The molecule has 1 aromatic rings. The number of hydrogen-bond acceptors (Lipinski definition) is 4. The molecule has 90 valence electrons. The summed E-state index contributed by atoms with van der Waals surface area (Å²) in [6.07, 6.45) is 5.88. The van der Waals surface area contributed by atoms with Gasteiger partial charge in [0.1, 0.15) is 22.4 Å². The Morgan fingerprint density at radius 1 is 1.24 bits per heavy atom. The van der Waals surface area contributed by atoms with Gasteiger partial charge < -0.3 is 11.1 Å². The standard InChI is InChI=1S/C12H15BrN4/c13-9-11(14)15-4-16-12(9)17-10-7-5-1-2-6(3-5)8(7)10/h4-8,10H,1-3H2,(H3,14,15,16,17). The van der Waals surface area contributed by atoms with Crippen molar-refractivity contribution in [3.05, 3.63) is 10.8 Å². The highest BCUT2D eigenvalue weighted by atomic mass is 79.9. The number of rotatable bonds is 2. The number of anilines is 2. The summed E-state index contributed by atoms with van der Waals surface area (Å²) < 4.78 is 0.803. The maximum absolute atomic E-state index is 5.76. The lowest BCUT2D eigenvalue weighted by Gasteiger charge is -2.12. The Bertz CT molecular complexity index is 462. The predicted octanol–water partition coefficient (Wildman–Crippen LogP) is 2.28. The Labute approximate surface area is 109 Å². The summed E-state index contributed by atoms with van der Waals surface area (Å²) in [7, 11) is 0. The molecule has 4 unspecified atom stereocenters. The number of nitrogens with one attached hydrogen (secondary N) is 1. The number of hydrogen-bond donors (Lipinski definition) is 2. The van der Waals surface area contributed by atoms with E-state index in [1.165, 1.54) is 25.6 Å². The van der Waals surface area contributed by atoms with Crippen LogP contribution in [0.2, 0.25) is 0 Å². The largest absolute Gasteiger partial charge is 0.383 e. The highest BCUT2D eigenvalue weighted by Gasteiger charge is 2.65. The van der Waals surface area contributed by atoms with Gasteiger partial charge in [0, 0.05) is 6.04 Å². The molecule has 3 fully saturated rings. The molecule has 3 aliphatic rings. The van der Waals surface area contributed by atoms with Crippen LogP contribution in [0.25, 0.3) is 0 Å². The van der Waals surface area contributed by atoms with Crippen molar-refractivity contribution in [2.45, 2.75) is 25.3 Å². The number of nitrogens with zero attached hydrogens (tertiary/aromatic N) is 2. The van der Waals surface area contributed by atoms with E-state index in [2.05, 4.69) is 31.2 Å². The lowest BCUT2D eigenvalue weighted by Crippen LogP contribution is -2.14. The third kappa shape index (κ3) is 1.35. The predicted molar refractivity (Wildman–Crippen MR) is 69.4 cm³/mol. The van der Waals surface area contributed by atoms with Gasteiger partial charge in [-0.2, -0.15) is 0 Å². The molecule has 1 heterocycles. The van der Waals surface area contributed by atoms with Gasteiger partial charge in [0.05, 0.1) is 0 Å². The van der Waals surface area contributed by atoms with E-state index < -0.39 is 0 Å². The Balaban J connectivity index is 1.55. The Kier molecular flexibility index (Phi) is 1.99. The number of halogens is 1. The molecule has 0 saturated heterocycles. The summed E-state index contributed by atoms with van der Waals surface area (Å²) in [5.41, 5.74) is 5.76. The molecule has 0 aromatic carbocycles. The summed E-state index contributed by atoms with van der Waals surface area (Å²) in [5.74, 6) is 5.11. The lowest BCUT2D eigenvalue weighted by molar-refractivity contribution is 0.456. The first-order chi connectivity index (χ1) is 8.25. The summed E-state index contributed by atoms with van der Waals surface area (Å²) in [4.78, 5) is 8.23. The molecule has 17 heavy (non-hydrogen) atoms. The molecule has 4 rings (SSSR count). The smallest absolute Gasteiger partial charge is 0.146 e. The Morgan fingerprint density at radius 3 is 2.65 bits per heavy atom. The van der Waals surface area contributed by atoms with E-state index in [9.17, 15) is 0 Å². The van der Waals surface area contributed by atoms with Crippen LogP contribution in [0.5, 0.6) is 0 Å². The minimum atomic E-state index is 0.510. The van der Waals surface area contributed by atoms with Gasteiger partial charge in [-0.3, -0.25) is 0 Å². The topological polar surface area (TPSA) is 63.8 Å². The zero-order chi connectivity index (χ0) is 11.6. The molecule has 4 atom stereocenters. The van der Waals surface area contributed by atoms with Crippen LogP contribution < -0.4 is 11.1 Å². The van der Waals surface area contributed by atoms with Crippen LogP contribution in [-0.4, -0.2) is 16.0 Å². The zero-order valence-electron chi connectivity index (χ0n) is 9.44. The van der Waals surface area contributed by atoms with Crippen LogP contribution in [0.1, 0.15) is 19.3 Å². The molecule has 0 radical (unpaired) electrons. The molecule has 4 nitrogen and oxygen atoms in total. The average Bonchev–Trinajstić information content (AvgIpc) is 2.72. The quantitative estimate of drug-likeness (QED) is 0.878. The van der Waals surface area contributed by atoms with Crippen LogP contribution in [0.15, 0.2) is 10.8 Å². The second-order valence-corrected chi connectivity index (χ2v) is 6.37. The number of aromatic nitrogens is 2. The van der Waals surface area contributed by atoms with Crippen LogP contribution in [-0.2, 0) is 0 Å². The number of fused-ring (bicyclic) bond motifs is 5. The lowest BCUT2D eigenvalue weighted by atomic mass is 10.0. The normalized spacial score (nSPS) is 41.4. The van der Waals surface area contributed by atoms with Gasteiger partial charge >= 0.3 is 0 Å². The summed E-state index contributed by atoms with van der Waals surface area (Å²) in [6, 6.07) is 0.631. The first-order valence-corrected chi connectivity index (χ1v) is 7.07. The van der Waals surface area contributed by atoms with Crippen molar-refractivity contribution in [2.24, 2.45) is 23.7 Å². The molecular weight excluding hydrogens is 280 g/mol. The first-order valence-electron chi connectivity index (χ1n) is 6.28. The molecule has 1 aromatic heterocycles. The fourth-order valence-electron chi connectivity index (χ4n) is 4.16. The van der Waals surface area contributed by atoms with Gasteiger partial charge in [0.2, 0.25) is 0 Å². The second-order valence-electron chi connectivity index (χ2n) is 5.58. The van der Waals surface area contributed by atoms with Crippen molar-refractivity contribution in [2.75, 3.05) is 11.1 Å². The minimum Gasteiger partial charge on any atom is -0.383 e. The van der Waals surface area contributed by atoms with E-state index in [1.807, 2.05) is 0 Å². The van der Waals surface area contributed by atoms with Gasteiger partial charge in [0.15, 0.2) is 0 Å². The Hall–Kier alpha value is -0.840. The Morgan fingerprint density at radius 2 is 1.94 bits per heavy atom. The molecule has 0 spiro atoms. The fraction of sp³-hybridized carbons (Fsp3) is 0.667. The third-order valence-corrected chi connectivity index (χ3v) is 5.64. The molecular formula is C12H15BrN4. The highest BCUT2D eigenvalue weighted by molar-refractivity contribution is 9.10. The summed E-state index contributed by atoms with van der Waals surface area (Å²) in [5, 5.41) is 3.55. The molecule has 2 bridgehead atoms. The molecule has 3 aliphatic carbocycles. The van der Waals surface area contributed by atoms with Crippen LogP contribution in [0, 0.1) is 23.7 Å². The van der Waals surface area contributed by atoms with Crippen molar-refractivity contribution >= 4 is 27.6 Å². The molecule has 0 aliphatic heterocycles. The second kappa shape index (κ2) is 3.34. The van der Waals surface area contributed by atoms with Gasteiger partial charge in [-0.1, -0.05) is 0 Å². The number of nitrogens with two attached hydrogens (primary N) is 1. The van der Waals surface area contributed by atoms with E-state index in [1.54, 1.807) is 0 Å². The van der Waals surface area contributed by atoms with Crippen LogP contribution in [0.3, 0.4) is 0 Å². The van der Waals surface area contributed by atoms with Crippen LogP contribution >= 0.6 is 15.9 Å². The summed E-state index contributed by atoms with van der Waals surface area (Å²) >= 11 is 3.45. The first kappa shape index (κ1) is 10.1. The maximum atomic E-state index is 5.76. The third-order valence-electron chi connectivity index (χ3n) is 4.86.